The second-order valence-electron chi connectivity index (χ2n) is 10.1. The van der Waals surface area contributed by atoms with Crippen LogP contribution in [0.3, 0.4) is 0 Å². The van der Waals surface area contributed by atoms with Crippen molar-refractivity contribution in [1.29, 1.82) is 0 Å². The van der Waals surface area contributed by atoms with E-state index in [0.717, 1.165) is 16.7 Å². The molecule has 0 radical (unpaired) electrons. The van der Waals surface area contributed by atoms with Gasteiger partial charge in [0.25, 0.3) is 0 Å². The Kier molecular flexibility index (Phi) is 10.7. The molecule has 0 fully saturated rings. The van der Waals surface area contributed by atoms with Crippen LogP contribution in [0.2, 0.25) is 0 Å². The first-order chi connectivity index (χ1) is 19.1. The highest BCUT2D eigenvalue weighted by atomic mass is 16.5. The lowest BCUT2D eigenvalue weighted by atomic mass is 9.93. The van der Waals surface area contributed by atoms with Gasteiger partial charge in [-0.1, -0.05) is 24.3 Å². The third-order valence-electron chi connectivity index (χ3n) is 6.45. The first kappa shape index (κ1) is 30.7. The van der Waals surface area contributed by atoms with E-state index in [-0.39, 0.29) is 35.9 Å². The summed E-state index contributed by atoms with van der Waals surface area (Å²) in [6, 6.07) is 14.4. The van der Waals surface area contributed by atoms with Gasteiger partial charge in [0.05, 0.1) is 40.1 Å². The number of ether oxygens (including phenoxy) is 3. The maximum atomic E-state index is 12.7. The van der Waals surface area contributed by atoms with Gasteiger partial charge >= 0.3 is 0 Å². The maximum Gasteiger partial charge on any atom is 0.224 e. The van der Waals surface area contributed by atoms with Gasteiger partial charge in [-0.2, -0.15) is 0 Å². The topological polar surface area (TPSA) is 142 Å². The van der Waals surface area contributed by atoms with Gasteiger partial charge in [0.2, 0.25) is 11.7 Å². The van der Waals surface area contributed by atoms with Crippen LogP contribution in [0.5, 0.6) is 23.0 Å². The molecule has 216 valence electrons. The molecular weight excluding hydrogens is 514 g/mol. The van der Waals surface area contributed by atoms with Crippen LogP contribution in [0.4, 0.5) is 0 Å². The number of methoxy groups -OCH3 is 3. The summed E-state index contributed by atoms with van der Waals surface area (Å²) >= 11 is 0. The van der Waals surface area contributed by atoms with E-state index in [1.807, 2.05) is 38.1 Å². The number of benzene rings is 2. The average Bonchev–Trinajstić information content (AvgIpc) is 2.94. The summed E-state index contributed by atoms with van der Waals surface area (Å²) in [6.45, 7) is 4.19. The molecule has 3 rings (SSSR count). The molecule has 0 aliphatic heterocycles. The van der Waals surface area contributed by atoms with Gasteiger partial charge in [-0.25, -0.2) is 4.98 Å². The van der Waals surface area contributed by atoms with Crippen LogP contribution in [0, 0.1) is 0 Å². The monoisotopic (exact) mass is 553 g/mol. The van der Waals surface area contributed by atoms with Crippen molar-refractivity contribution in [2.24, 2.45) is 0 Å². The summed E-state index contributed by atoms with van der Waals surface area (Å²) in [7, 11) is 4.64. The number of β-amino-alcohol motifs (C(OH)–C–C–N with tert-alkyl or cyclic N) is 1. The van der Waals surface area contributed by atoms with E-state index < -0.39 is 12.7 Å². The molecule has 1 aromatic heterocycles. The van der Waals surface area contributed by atoms with Gasteiger partial charge in [-0.15, -0.1) is 0 Å². The van der Waals surface area contributed by atoms with Gasteiger partial charge < -0.3 is 40.2 Å². The van der Waals surface area contributed by atoms with Crippen LogP contribution in [0.15, 0.2) is 48.5 Å². The SMILES string of the molecule is COc1cc(CNC(=O)Cc2cccc(CC(C)(C)NCC(O)c3ccc(O)c(CO)n3)c2)cc(OC)c1OC. The number of aromatic hydroxyl groups is 1. The zero-order valence-corrected chi connectivity index (χ0v) is 23.7. The third-order valence-corrected chi connectivity index (χ3v) is 6.45. The minimum atomic E-state index is -0.911. The van der Waals surface area contributed by atoms with E-state index in [4.69, 9.17) is 14.2 Å². The summed E-state index contributed by atoms with van der Waals surface area (Å²) in [6.07, 6.45) is -0.0263. The minimum absolute atomic E-state index is 0.110. The molecule has 40 heavy (non-hydrogen) atoms. The lowest BCUT2D eigenvalue weighted by molar-refractivity contribution is -0.120. The average molecular weight is 554 g/mol. The van der Waals surface area contributed by atoms with E-state index in [1.165, 1.54) is 12.1 Å². The molecule has 0 saturated carbocycles. The van der Waals surface area contributed by atoms with Crippen LogP contribution >= 0.6 is 0 Å². The number of carbonyl (C=O) groups is 1. The van der Waals surface area contributed by atoms with Crippen molar-refractivity contribution in [3.63, 3.8) is 0 Å². The molecule has 3 aromatic rings. The first-order valence-electron chi connectivity index (χ1n) is 12.9. The fourth-order valence-corrected chi connectivity index (χ4v) is 4.40. The van der Waals surface area contributed by atoms with Crippen molar-refractivity contribution < 1.29 is 34.3 Å². The highest BCUT2D eigenvalue weighted by Crippen LogP contribution is 2.38. The minimum Gasteiger partial charge on any atom is -0.506 e. The van der Waals surface area contributed by atoms with Crippen molar-refractivity contribution in [2.45, 2.75) is 51.5 Å². The summed E-state index contributed by atoms with van der Waals surface area (Å²) < 4.78 is 16.1. The Bertz CT molecular complexity index is 1270. The van der Waals surface area contributed by atoms with E-state index in [0.29, 0.717) is 35.9 Å². The number of nitrogens with zero attached hydrogens (tertiary/aromatic N) is 1. The molecular formula is C30H39N3O7. The summed E-state index contributed by atoms with van der Waals surface area (Å²) in [5.74, 6) is 1.32. The number of hydrogen-bond acceptors (Lipinski definition) is 9. The van der Waals surface area contributed by atoms with Crippen LogP contribution in [0.1, 0.15) is 48.0 Å². The number of rotatable bonds is 14. The number of amides is 1. The second-order valence-corrected chi connectivity index (χ2v) is 10.1. The zero-order chi connectivity index (χ0) is 29.3. The van der Waals surface area contributed by atoms with Crippen LogP contribution in [-0.2, 0) is 30.8 Å². The van der Waals surface area contributed by atoms with Crippen LogP contribution < -0.4 is 24.8 Å². The summed E-state index contributed by atoms with van der Waals surface area (Å²) in [5, 5.41) is 35.9. The number of nitrogens with one attached hydrogen (secondary N) is 2. The van der Waals surface area contributed by atoms with Gasteiger partial charge in [0, 0.05) is 18.6 Å². The Morgan fingerprint density at radius 1 is 0.975 bits per heavy atom. The maximum absolute atomic E-state index is 12.7. The normalized spacial score (nSPS) is 12.1. The molecule has 10 nitrogen and oxygen atoms in total. The van der Waals surface area contributed by atoms with Crippen molar-refractivity contribution >= 4 is 5.91 Å². The quantitative estimate of drug-likeness (QED) is 0.204. The molecule has 0 spiro atoms. The molecule has 5 N–H and O–H groups in total. The lowest BCUT2D eigenvalue weighted by Crippen LogP contribution is -2.43. The Hall–Kier alpha value is -3.86. The molecule has 1 amide bonds. The molecule has 1 atom stereocenters. The molecule has 1 unspecified atom stereocenters. The number of pyridine rings is 1. The summed E-state index contributed by atoms with van der Waals surface area (Å²) in [5.41, 5.74) is 2.88. The van der Waals surface area contributed by atoms with Gasteiger partial charge in [-0.3, -0.25) is 4.79 Å². The van der Waals surface area contributed by atoms with Gasteiger partial charge in [-0.05, 0) is 61.2 Å². The number of aliphatic hydroxyl groups is 2. The predicted octanol–water partition coefficient (Wildman–Crippen LogP) is 2.81. The van der Waals surface area contributed by atoms with Gasteiger partial charge in [0.1, 0.15) is 17.5 Å². The molecule has 0 saturated heterocycles. The van der Waals surface area contributed by atoms with E-state index >= 15 is 0 Å². The predicted molar refractivity (Wildman–Crippen MR) is 151 cm³/mol. The molecule has 0 aliphatic rings. The molecule has 0 aliphatic carbocycles. The standard InChI is InChI=1S/C30H39N3O7/c1-30(2,32-17-25(36)22-9-10-24(35)23(18-34)33-22)15-20-8-6-7-19(11-20)14-28(37)31-16-21-12-26(38-3)29(40-5)27(13-21)39-4/h6-13,25,32,34-36H,14-18H2,1-5H3,(H,31,37). The van der Waals surface area contributed by atoms with Crippen molar-refractivity contribution in [3.8, 4) is 23.0 Å². The third kappa shape index (κ3) is 8.32. The van der Waals surface area contributed by atoms with E-state index in [9.17, 15) is 20.1 Å². The van der Waals surface area contributed by atoms with Crippen molar-refractivity contribution in [2.75, 3.05) is 27.9 Å². The van der Waals surface area contributed by atoms with Crippen molar-refractivity contribution in [1.82, 2.24) is 15.6 Å². The molecule has 0 bridgehead atoms. The second kappa shape index (κ2) is 14.0. The Balaban J connectivity index is 1.56. The van der Waals surface area contributed by atoms with Crippen LogP contribution in [0.25, 0.3) is 0 Å². The molecule has 10 heteroatoms. The number of aromatic nitrogens is 1. The number of carbonyl (C=O) groups excluding carboxylic acids is 1. The Morgan fingerprint density at radius 3 is 2.27 bits per heavy atom. The molecule has 2 aromatic carbocycles. The number of hydrogen-bond donors (Lipinski definition) is 5. The van der Waals surface area contributed by atoms with E-state index in [1.54, 1.807) is 33.5 Å². The van der Waals surface area contributed by atoms with Crippen molar-refractivity contribution in [3.05, 3.63) is 76.6 Å². The summed E-state index contributed by atoms with van der Waals surface area (Å²) in [4.78, 5) is 16.8. The smallest absolute Gasteiger partial charge is 0.224 e. The lowest BCUT2D eigenvalue weighted by Gasteiger charge is -2.28. The zero-order valence-electron chi connectivity index (χ0n) is 23.7. The Labute approximate surface area is 234 Å². The molecule has 1 heterocycles. The van der Waals surface area contributed by atoms with Gasteiger partial charge in [0.15, 0.2) is 11.5 Å². The van der Waals surface area contributed by atoms with Crippen LogP contribution in [-0.4, -0.2) is 59.6 Å². The highest BCUT2D eigenvalue weighted by molar-refractivity contribution is 5.78. The highest BCUT2D eigenvalue weighted by Gasteiger charge is 2.21. The fourth-order valence-electron chi connectivity index (χ4n) is 4.40. The fraction of sp³-hybridized carbons (Fsp3) is 0.400. The first-order valence-corrected chi connectivity index (χ1v) is 12.9. The Morgan fingerprint density at radius 2 is 1.65 bits per heavy atom. The largest absolute Gasteiger partial charge is 0.506 e. The van der Waals surface area contributed by atoms with E-state index in [2.05, 4.69) is 15.6 Å². The number of aliphatic hydroxyl groups excluding tert-OH is 2.